The highest BCUT2D eigenvalue weighted by atomic mass is 32.3. The molecule has 0 unspecified atom stereocenters. The van der Waals surface area contributed by atoms with Gasteiger partial charge in [-0.3, -0.25) is 0 Å². The lowest BCUT2D eigenvalue weighted by atomic mass is 10.3. The van der Waals surface area contributed by atoms with Crippen molar-refractivity contribution in [3.63, 3.8) is 0 Å². The minimum absolute atomic E-state index is 0.748. The Morgan fingerprint density at radius 2 is 2.07 bits per heavy atom. The molecular weight excluding hydrogens is 222 g/mol. The van der Waals surface area contributed by atoms with Crippen LogP contribution in [-0.2, 0) is 10.2 Å². The number of para-hydroxylation sites is 1. The zero-order chi connectivity index (χ0) is 10.2. The zero-order valence-electron chi connectivity index (χ0n) is 6.99. The van der Waals surface area contributed by atoms with Crippen molar-refractivity contribution in [3.8, 4) is 0 Å². The summed E-state index contributed by atoms with van der Waals surface area (Å²) in [6.07, 6.45) is 1.20. The third-order valence-corrected chi connectivity index (χ3v) is 3.85. The molecule has 0 radical (unpaired) electrons. The van der Waals surface area contributed by atoms with Crippen LogP contribution in [0.2, 0.25) is 0 Å². The molecule has 0 atom stereocenters. The number of nitrogens with two attached hydrogens (primary N) is 1. The Morgan fingerprint density at radius 3 is 2.79 bits per heavy atom. The Hall–Kier alpha value is -1.05. The predicted molar refractivity (Wildman–Crippen MR) is 55.4 cm³/mol. The number of aliphatic imine (C=N–C) groups is 1. The van der Waals surface area contributed by atoms with Gasteiger partial charge < -0.3 is 0 Å². The summed E-state index contributed by atoms with van der Waals surface area (Å²) < 4.78 is 22.9. The number of fused-ring (bicyclic) bond motifs is 1. The molecule has 1 aromatic rings. The van der Waals surface area contributed by atoms with Gasteiger partial charge in [-0.2, -0.15) is 12.1 Å². The number of rotatable bonds is 1. The normalized spacial score (nSPS) is 15.4. The van der Waals surface area contributed by atoms with E-state index in [0.29, 0.717) is 0 Å². The van der Waals surface area contributed by atoms with Gasteiger partial charge in [-0.25, -0.2) is 10.1 Å². The highest BCUT2D eigenvalue weighted by Gasteiger charge is 2.20. The van der Waals surface area contributed by atoms with E-state index in [1.165, 1.54) is 6.34 Å². The quantitative estimate of drug-likeness (QED) is 0.726. The Labute approximate surface area is 85.9 Å². The predicted octanol–water partition coefficient (Wildman–Crippen LogP) is 0.873. The first-order valence-electron chi connectivity index (χ1n) is 3.71. The van der Waals surface area contributed by atoms with Gasteiger partial charge in [0.25, 0.3) is 0 Å². The van der Waals surface area contributed by atoms with Crippen LogP contribution in [-0.4, -0.2) is 18.5 Å². The van der Waals surface area contributed by atoms with E-state index in [2.05, 4.69) is 4.99 Å². The van der Waals surface area contributed by atoms with E-state index >= 15 is 0 Å². The van der Waals surface area contributed by atoms with Crippen LogP contribution in [0.4, 0.5) is 5.69 Å². The standard InChI is InChI=1S/C7H7N3O2S2/c8-14(11,12)10-5-9-6-3-1-2-4-7(6)13-10/h1-5H,(H2,8,11,12). The molecule has 2 N–H and O–H groups in total. The molecule has 0 aromatic heterocycles. The van der Waals surface area contributed by atoms with Gasteiger partial charge in [-0.05, 0) is 12.1 Å². The lowest BCUT2D eigenvalue weighted by Crippen LogP contribution is -2.30. The van der Waals surface area contributed by atoms with Crippen LogP contribution in [0, 0.1) is 0 Å². The van der Waals surface area contributed by atoms with E-state index in [0.717, 1.165) is 26.2 Å². The average Bonchev–Trinajstić information content (AvgIpc) is 2.16. The Kier molecular flexibility index (Phi) is 2.22. The maximum Gasteiger partial charge on any atom is 0.309 e. The fourth-order valence-corrected chi connectivity index (χ4v) is 2.47. The monoisotopic (exact) mass is 229 g/mol. The lowest BCUT2D eigenvalue weighted by Gasteiger charge is -2.19. The van der Waals surface area contributed by atoms with Crippen molar-refractivity contribution in [3.05, 3.63) is 24.3 Å². The zero-order valence-corrected chi connectivity index (χ0v) is 8.62. The molecule has 1 aliphatic rings. The third kappa shape index (κ3) is 1.74. The van der Waals surface area contributed by atoms with Gasteiger partial charge in [0.15, 0.2) is 0 Å². The van der Waals surface area contributed by atoms with Gasteiger partial charge in [0.2, 0.25) is 0 Å². The van der Waals surface area contributed by atoms with Crippen LogP contribution in [0.1, 0.15) is 0 Å². The first-order valence-corrected chi connectivity index (χ1v) is 5.98. The first-order chi connectivity index (χ1) is 6.57. The Balaban J connectivity index is 2.40. The highest BCUT2D eigenvalue weighted by molar-refractivity contribution is 8.08. The van der Waals surface area contributed by atoms with Crippen LogP contribution >= 0.6 is 11.9 Å². The van der Waals surface area contributed by atoms with Crippen LogP contribution in [0.5, 0.6) is 0 Å². The van der Waals surface area contributed by atoms with Gasteiger partial charge >= 0.3 is 10.2 Å². The van der Waals surface area contributed by atoms with Gasteiger partial charge in [-0.15, -0.1) is 0 Å². The summed E-state index contributed by atoms with van der Waals surface area (Å²) in [7, 11) is -3.72. The summed E-state index contributed by atoms with van der Waals surface area (Å²) in [5, 5.41) is 4.95. The number of benzene rings is 1. The molecule has 0 saturated carbocycles. The van der Waals surface area contributed by atoms with Gasteiger partial charge in [0, 0.05) is 11.9 Å². The topological polar surface area (TPSA) is 75.8 Å². The molecule has 0 amide bonds. The van der Waals surface area contributed by atoms with E-state index in [9.17, 15) is 8.42 Å². The fraction of sp³-hybridized carbons (Fsp3) is 0. The molecule has 5 nitrogen and oxygen atoms in total. The molecule has 0 fully saturated rings. The molecule has 0 bridgehead atoms. The average molecular weight is 229 g/mol. The maximum absolute atomic E-state index is 11.0. The molecule has 0 spiro atoms. The van der Waals surface area contributed by atoms with Crippen LogP contribution in [0.25, 0.3) is 0 Å². The van der Waals surface area contributed by atoms with Gasteiger partial charge in [0.1, 0.15) is 6.34 Å². The molecule has 14 heavy (non-hydrogen) atoms. The van der Waals surface area contributed by atoms with Crippen molar-refractivity contribution in [2.45, 2.75) is 4.90 Å². The molecule has 1 aromatic carbocycles. The second-order valence-corrected chi connectivity index (χ2v) is 5.27. The van der Waals surface area contributed by atoms with Crippen molar-refractivity contribution in [1.29, 1.82) is 0 Å². The summed E-state index contributed by atoms with van der Waals surface area (Å²) in [6, 6.07) is 7.24. The smallest absolute Gasteiger partial charge is 0.236 e. The summed E-state index contributed by atoms with van der Waals surface area (Å²) >= 11 is 1.03. The van der Waals surface area contributed by atoms with Crippen LogP contribution in [0.3, 0.4) is 0 Å². The Bertz CT molecular complexity index is 483. The SMILES string of the molecule is NS(=O)(=O)N1C=Nc2ccccc2S1. The van der Waals surface area contributed by atoms with E-state index in [-0.39, 0.29) is 0 Å². The Morgan fingerprint density at radius 1 is 1.36 bits per heavy atom. The van der Waals surface area contributed by atoms with E-state index in [1.807, 2.05) is 12.1 Å². The molecule has 0 aliphatic carbocycles. The summed E-state index contributed by atoms with van der Waals surface area (Å²) in [6.45, 7) is 0. The largest absolute Gasteiger partial charge is 0.309 e. The minimum atomic E-state index is -3.72. The van der Waals surface area contributed by atoms with Crippen LogP contribution in [0.15, 0.2) is 34.2 Å². The number of hydrogen-bond acceptors (Lipinski definition) is 4. The van der Waals surface area contributed by atoms with Crippen molar-refractivity contribution < 1.29 is 8.42 Å². The second kappa shape index (κ2) is 3.26. The molecule has 1 heterocycles. The third-order valence-electron chi connectivity index (χ3n) is 1.60. The lowest BCUT2D eigenvalue weighted by molar-refractivity contribution is 0.580. The second-order valence-electron chi connectivity index (χ2n) is 2.60. The van der Waals surface area contributed by atoms with E-state index < -0.39 is 10.2 Å². The first kappa shape index (κ1) is 9.50. The van der Waals surface area contributed by atoms with Crippen molar-refractivity contribution in [1.82, 2.24) is 3.71 Å². The molecular formula is C7H7N3O2S2. The summed E-state index contributed by atoms with van der Waals surface area (Å²) in [5.41, 5.74) is 0.748. The van der Waals surface area contributed by atoms with Crippen molar-refractivity contribution in [2.75, 3.05) is 0 Å². The maximum atomic E-state index is 11.0. The molecule has 7 heteroatoms. The fourth-order valence-electron chi connectivity index (χ4n) is 0.989. The van der Waals surface area contributed by atoms with Crippen molar-refractivity contribution >= 4 is 34.2 Å². The number of hydrogen-bond donors (Lipinski definition) is 1. The molecule has 2 rings (SSSR count). The van der Waals surface area contributed by atoms with E-state index in [4.69, 9.17) is 5.14 Å². The molecule has 0 saturated heterocycles. The molecule has 1 aliphatic heterocycles. The highest BCUT2D eigenvalue weighted by Crippen LogP contribution is 2.35. The van der Waals surface area contributed by atoms with Crippen LogP contribution < -0.4 is 5.14 Å². The number of nitrogens with zero attached hydrogens (tertiary/aromatic N) is 2. The summed E-state index contributed by atoms with van der Waals surface area (Å²) in [5.74, 6) is 0. The summed E-state index contributed by atoms with van der Waals surface area (Å²) in [4.78, 5) is 4.73. The molecule has 74 valence electrons. The van der Waals surface area contributed by atoms with Gasteiger partial charge in [0.05, 0.1) is 10.6 Å². The van der Waals surface area contributed by atoms with Gasteiger partial charge in [-0.1, -0.05) is 12.1 Å². The van der Waals surface area contributed by atoms with E-state index in [1.54, 1.807) is 12.1 Å². The minimum Gasteiger partial charge on any atom is -0.236 e. The van der Waals surface area contributed by atoms with Crippen molar-refractivity contribution in [2.24, 2.45) is 10.1 Å².